The molecule has 0 saturated carbocycles. The average molecular weight is 426 g/mol. The van der Waals surface area contributed by atoms with E-state index >= 15 is 0 Å². The zero-order valence-electron chi connectivity index (χ0n) is 17.5. The van der Waals surface area contributed by atoms with Crippen LogP contribution in [0.3, 0.4) is 0 Å². The minimum Gasteiger partial charge on any atom is -0.342 e. The van der Waals surface area contributed by atoms with Crippen molar-refractivity contribution in [1.29, 1.82) is 0 Å². The van der Waals surface area contributed by atoms with E-state index in [9.17, 15) is 14.0 Å². The number of hydrogen-bond donors (Lipinski definition) is 0. The number of hydrogen-bond acceptors (Lipinski definition) is 5. The summed E-state index contributed by atoms with van der Waals surface area (Å²) in [6.45, 7) is 4.31. The van der Waals surface area contributed by atoms with Gasteiger partial charge in [0, 0.05) is 38.3 Å². The van der Waals surface area contributed by atoms with E-state index in [1.54, 1.807) is 17.0 Å². The number of nitrogens with zero attached hydrogens (tertiary/aromatic N) is 6. The van der Waals surface area contributed by atoms with Gasteiger partial charge in [0.15, 0.2) is 0 Å². The van der Waals surface area contributed by atoms with Crippen molar-refractivity contribution in [2.24, 2.45) is 0 Å². The fourth-order valence-electron chi connectivity index (χ4n) is 5.06. The summed E-state index contributed by atoms with van der Waals surface area (Å²) in [6.07, 6.45) is 6.50. The van der Waals surface area contributed by atoms with Crippen LogP contribution >= 0.6 is 0 Å². The number of amides is 2. The Balaban J connectivity index is 1.26. The lowest BCUT2D eigenvalue weighted by Crippen LogP contribution is -2.68. The van der Waals surface area contributed by atoms with E-state index in [1.807, 2.05) is 4.90 Å². The van der Waals surface area contributed by atoms with Gasteiger partial charge in [0.2, 0.25) is 11.7 Å². The molecular formula is C22H27FN6O2. The van der Waals surface area contributed by atoms with Crippen molar-refractivity contribution in [2.45, 2.75) is 37.6 Å². The molecular weight excluding hydrogens is 399 g/mol. The molecule has 2 aromatic rings. The van der Waals surface area contributed by atoms with Crippen LogP contribution in [-0.4, -0.2) is 86.1 Å². The number of benzene rings is 1. The first-order valence-electron chi connectivity index (χ1n) is 11.0. The molecule has 1 spiro atoms. The second-order valence-corrected chi connectivity index (χ2v) is 8.81. The van der Waals surface area contributed by atoms with Gasteiger partial charge in [-0.2, -0.15) is 0 Å². The van der Waals surface area contributed by atoms with Crippen LogP contribution in [0, 0.1) is 5.82 Å². The van der Waals surface area contributed by atoms with Crippen molar-refractivity contribution in [3.05, 3.63) is 42.2 Å². The lowest BCUT2D eigenvalue weighted by Gasteiger charge is -2.57. The molecule has 1 atom stereocenters. The molecule has 5 rings (SSSR count). The van der Waals surface area contributed by atoms with E-state index in [-0.39, 0.29) is 29.0 Å². The van der Waals surface area contributed by atoms with E-state index in [4.69, 9.17) is 0 Å². The maximum Gasteiger partial charge on any atom is 0.293 e. The van der Waals surface area contributed by atoms with Crippen LogP contribution in [0.1, 0.15) is 42.7 Å². The van der Waals surface area contributed by atoms with Gasteiger partial charge in [-0.3, -0.25) is 14.5 Å². The van der Waals surface area contributed by atoms with Gasteiger partial charge < -0.3 is 9.80 Å². The van der Waals surface area contributed by atoms with E-state index in [2.05, 4.69) is 15.0 Å². The van der Waals surface area contributed by atoms with Crippen molar-refractivity contribution < 1.29 is 14.0 Å². The Morgan fingerprint density at radius 3 is 2.58 bits per heavy atom. The highest BCUT2D eigenvalue weighted by atomic mass is 19.1. The molecule has 3 saturated heterocycles. The normalized spacial score (nSPS) is 23.9. The zero-order chi connectivity index (χ0) is 21.4. The Morgan fingerprint density at radius 2 is 1.84 bits per heavy atom. The maximum absolute atomic E-state index is 13.5. The van der Waals surface area contributed by atoms with Crippen LogP contribution in [-0.2, 0) is 4.79 Å². The van der Waals surface area contributed by atoms with Crippen LogP contribution in [0.5, 0.6) is 0 Å². The minimum absolute atomic E-state index is 0.111. The highest BCUT2D eigenvalue weighted by Crippen LogP contribution is 2.38. The number of likely N-dealkylation sites (tertiary alicyclic amines) is 3. The third kappa shape index (κ3) is 3.82. The number of carbonyl (C=O) groups is 2. The van der Waals surface area contributed by atoms with Gasteiger partial charge in [-0.05, 0) is 50.3 Å². The second-order valence-electron chi connectivity index (χ2n) is 8.81. The van der Waals surface area contributed by atoms with Gasteiger partial charge in [-0.1, -0.05) is 6.07 Å². The molecule has 1 aromatic carbocycles. The van der Waals surface area contributed by atoms with Crippen LogP contribution in [0.4, 0.5) is 4.39 Å². The smallest absolute Gasteiger partial charge is 0.293 e. The highest BCUT2D eigenvalue weighted by Gasteiger charge is 2.49. The lowest BCUT2D eigenvalue weighted by atomic mass is 9.77. The molecule has 3 aliphatic rings. The number of rotatable bonds is 4. The van der Waals surface area contributed by atoms with Crippen LogP contribution < -0.4 is 0 Å². The third-order valence-corrected chi connectivity index (χ3v) is 6.90. The van der Waals surface area contributed by atoms with E-state index < -0.39 is 0 Å². The first-order valence-corrected chi connectivity index (χ1v) is 11.0. The van der Waals surface area contributed by atoms with Crippen LogP contribution in [0.2, 0.25) is 0 Å². The van der Waals surface area contributed by atoms with E-state index in [0.717, 1.165) is 51.7 Å². The molecule has 0 aliphatic carbocycles. The summed E-state index contributed by atoms with van der Waals surface area (Å²) in [5.74, 6) is -0.268. The molecule has 9 heteroatoms. The van der Waals surface area contributed by atoms with Crippen molar-refractivity contribution in [3.8, 4) is 5.69 Å². The Hall–Kier alpha value is -2.81. The summed E-state index contributed by atoms with van der Waals surface area (Å²) < 4.78 is 14.9. The maximum atomic E-state index is 13.5. The van der Waals surface area contributed by atoms with Gasteiger partial charge in [0.05, 0.1) is 12.2 Å². The van der Waals surface area contributed by atoms with E-state index in [0.29, 0.717) is 25.3 Å². The summed E-state index contributed by atoms with van der Waals surface area (Å²) in [4.78, 5) is 35.9. The molecule has 0 N–H and O–H groups in total. The summed E-state index contributed by atoms with van der Waals surface area (Å²) in [7, 11) is 0. The summed E-state index contributed by atoms with van der Waals surface area (Å²) in [5.41, 5.74) is 0.404. The molecule has 4 heterocycles. The number of carbonyl (C=O) groups excluding carboxylic acids is 2. The summed E-state index contributed by atoms with van der Waals surface area (Å²) in [5, 5.41) is 4.28. The van der Waals surface area contributed by atoms with Crippen LogP contribution in [0.15, 0.2) is 30.6 Å². The molecule has 3 fully saturated rings. The monoisotopic (exact) mass is 426 g/mol. The molecule has 1 aromatic heterocycles. The average Bonchev–Trinajstić information content (AvgIpc) is 3.49. The summed E-state index contributed by atoms with van der Waals surface area (Å²) in [6, 6.07) is 6.02. The molecule has 3 aliphatic heterocycles. The van der Waals surface area contributed by atoms with Gasteiger partial charge in [-0.25, -0.2) is 14.1 Å². The molecule has 0 radical (unpaired) electrons. The Kier molecular flexibility index (Phi) is 5.21. The topological polar surface area (TPSA) is 74.6 Å². The molecule has 0 unspecified atom stereocenters. The van der Waals surface area contributed by atoms with Crippen LogP contribution in [0.25, 0.3) is 5.69 Å². The third-order valence-electron chi connectivity index (χ3n) is 6.90. The Bertz CT molecular complexity index is 988. The number of halogens is 1. The highest BCUT2D eigenvalue weighted by molar-refractivity contribution is 5.90. The molecule has 8 nitrogen and oxygen atoms in total. The number of piperidine rings is 1. The van der Waals surface area contributed by atoms with Crippen molar-refractivity contribution in [2.75, 3.05) is 39.3 Å². The fraction of sp³-hybridized carbons (Fsp3) is 0.545. The van der Waals surface area contributed by atoms with Gasteiger partial charge in [-0.15, -0.1) is 5.10 Å². The van der Waals surface area contributed by atoms with Gasteiger partial charge in [0.1, 0.15) is 12.1 Å². The molecule has 0 bridgehead atoms. The largest absolute Gasteiger partial charge is 0.342 e. The lowest BCUT2D eigenvalue weighted by molar-refractivity contribution is -0.138. The van der Waals surface area contributed by atoms with Crippen molar-refractivity contribution in [3.63, 3.8) is 0 Å². The Morgan fingerprint density at radius 1 is 1.03 bits per heavy atom. The van der Waals surface area contributed by atoms with Gasteiger partial charge in [0.25, 0.3) is 5.91 Å². The predicted octanol–water partition coefficient (Wildman–Crippen LogP) is 1.71. The fourth-order valence-corrected chi connectivity index (χ4v) is 5.06. The molecule has 164 valence electrons. The standard InChI is InChI=1S/C22H27FN6O2/c23-17-5-3-6-18(13-17)29-16-24-20(25-29)21(31)27-11-4-7-22(15-27)8-12-28(22)14-19(30)26-9-1-2-10-26/h3,5-6,13,16H,1-2,4,7-12,14-15H2/t22-/m1/s1. The first kappa shape index (κ1) is 20.1. The number of aromatic nitrogens is 3. The molecule has 31 heavy (non-hydrogen) atoms. The minimum atomic E-state index is -0.368. The van der Waals surface area contributed by atoms with Gasteiger partial charge >= 0.3 is 0 Å². The molecule has 2 amide bonds. The summed E-state index contributed by atoms with van der Waals surface area (Å²) >= 11 is 0. The SMILES string of the molecule is O=C(CN1CC[C@@]12CCCN(C(=O)c1ncn(-c3cccc(F)c3)n1)C2)N1CCCC1. The second kappa shape index (κ2) is 8.03. The zero-order valence-corrected chi connectivity index (χ0v) is 17.5. The quantitative estimate of drug-likeness (QED) is 0.744. The van der Waals surface area contributed by atoms with Crippen molar-refractivity contribution in [1.82, 2.24) is 29.5 Å². The first-order chi connectivity index (χ1) is 15.0. The predicted molar refractivity (Wildman–Crippen MR) is 111 cm³/mol. The van der Waals surface area contributed by atoms with E-state index in [1.165, 1.54) is 23.1 Å². The van der Waals surface area contributed by atoms with Crippen molar-refractivity contribution >= 4 is 11.8 Å². The Labute approximate surface area is 180 Å².